The molecule has 4 rings (SSSR count). The molecular formula is C24H34N2O3. The van der Waals surface area contributed by atoms with Crippen molar-refractivity contribution in [3.05, 3.63) is 34.9 Å². The van der Waals surface area contributed by atoms with Crippen molar-refractivity contribution < 1.29 is 14.3 Å². The van der Waals surface area contributed by atoms with E-state index in [4.69, 9.17) is 4.74 Å². The van der Waals surface area contributed by atoms with Gasteiger partial charge >= 0.3 is 0 Å². The van der Waals surface area contributed by atoms with Crippen molar-refractivity contribution in [3.63, 3.8) is 0 Å². The molecule has 5 heteroatoms. The predicted molar refractivity (Wildman–Crippen MR) is 113 cm³/mol. The second-order valence-corrected chi connectivity index (χ2v) is 9.20. The number of nitrogens with zero attached hydrogens (tertiary/aromatic N) is 2. The van der Waals surface area contributed by atoms with Crippen LogP contribution in [-0.2, 0) is 9.53 Å². The van der Waals surface area contributed by atoms with Gasteiger partial charge in [0.2, 0.25) is 5.91 Å². The molecule has 5 nitrogen and oxygen atoms in total. The third-order valence-corrected chi connectivity index (χ3v) is 7.17. The number of carbonyl (C=O) groups excluding carboxylic acids is 2. The van der Waals surface area contributed by atoms with Gasteiger partial charge in [0, 0.05) is 44.3 Å². The number of amides is 2. The molecule has 0 N–H and O–H groups in total. The van der Waals surface area contributed by atoms with Gasteiger partial charge in [-0.15, -0.1) is 0 Å². The topological polar surface area (TPSA) is 49.9 Å². The van der Waals surface area contributed by atoms with Crippen molar-refractivity contribution >= 4 is 11.8 Å². The van der Waals surface area contributed by atoms with E-state index in [1.54, 1.807) is 0 Å². The van der Waals surface area contributed by atoms with Gasteiger partial charge in [-0.2, -0.15) is 0 Å². The molecule has 29 heavy (non-hydrogen) atoms. The molecule has 0 unspecified atom stereocenters. The fourth-order valence-corrected chi connectivity index (χ4v) is 5.25. The Labute approximate surface area is 174 Å². The largest absolute Gasteiger partial charge is 0.375 e. The van der Waals surface area contributed by atoms with Crippen LogP contribution >= 0.6 is 0 Å². The lowest BCUT2D eigenvalue weighted by atomic mass is 9.84. The summed E-state index contributed by atoms with van der Waals surface area (Å²) >= 11 is 0. The van der Waals surface area contributed by atoms with E-state index in [-0.39, 0.29) is 23.3 Å². The van der Waals surface area contributed by atoms with E-state index in [1.165, 1.54) is 18.4 Å². The smallest absolute Gasteiger partial charge is 0.254 e. The van der Waals surface area contributed by atoms with Crippen LogP contribution in [0, 0.1) is 19.8 Å². The molecule has 0 aliphatic carbocycles. The molecule has 2 amide bonds. The highest BCUT2D eigenvalue weighted by atomic mass is 16.5. The summed E-state index contributed by atoms with van der Waals surface area (Å²) in [5, 5.41) is 0. The molecule has 3 aliphatic rings. The zero-order chi connectivity index (χ0) is 20.4. The number of rotatable bonds is 2. The van der Waals surface area contributed by atoms with Crippen LogP contribution in [0.4, 0.5) is 0 Å². The molecule has 3 saturated heterocycles. The van der Waals surface area contributed by atoms with Crippen molar-refractivity contribution in [2.24, 2.45) is 5.92 Å². The lowest BCUT2D eigenvalue weighted by Gasteiger charge is -2.45. The number of hydrogen-bond donors (Lipinski definition) is 0. The number of likely N-dealkylation sites (tertiary alicyclic amines) is 2. The molecule has 1 spiro atoms. The lowest BCUT2D eigenvalue weighted by Crippen LogP contribution is -2.52. The van der Waals surface area contributed by atoms with Crippen LogP contribution in [0.2, 0.25) is 0 Å². The van der Waals surface area contributed by atoms with Gasteiger partial charge in [0.25, 0.3) is 5.91 Å². The average molecular weight is 399 g/mol. The summed E-state index contributed by atoms with van der Waals surface area (Å²) in [6, 6.07) is 5.99. The molecule has 1 aromatic rings. The predicted octanol–water partition coefficient (Wildman–Crippen LogP) is 3.72. The number of benzene rings is 1. The Morgan fingerprint density at radius 3 is 2.31 bits per heavy atom. The molecule has 0 aromatic heterocycles. The maximum absolute atomic E-state index is 13.0. The summed E-state index contributed by atoms with van der Waals surface area (Å²) in [5.41, 5.74) is 3.02. The maximum Gasteiger partial charge on any atom is 0.254 e. The van der Waals surface area contributed by atoms with Gasteiger partial charge in [0.15, 0.2) is 0 Å². The Hall–Kier alpha value is -1.88. The van der Waals surface area contributed by atoms with E-state index >= 15 is 0 Å². The van der Waals surface area contributed by atoms with E-state index < -0.39 is 0 Å². The van der Waals surface area contributed by atoms with Crippen molar-refractivity contribution in [2.75, 3.05) is 32.8 Å². The third-order valence-electron chi connectivity index (χ3n) is 7.17. The number of carbonyl (C=O) groups is 2. The molecule has 0 atom stereocenters. The minimum absolute atomic E-state index is 0.0384. The van der Waals surface area contributed by atoms with Crippen molar-refractivity contribution in [1.82, 2.24) is 9.80 Å². The molecule has 3 heterocycles. The molecular weight excluding hydrogens is 364 g/mol. The zero-order valence-corrected chi connectivity index (χ0v) is 17.9. The Kier molecular flexibility index (Phi) is 5.95. The van der Waals surface area contributed by atoms with Crippen LogP contribution in [0.1, 0.15) is 66.4 Å². The maximum atomic E-state index is 13.0. The van der Waals surface area contributed by atoms with E-state index in [0.29, 0.717) is 13.1 Å². The number of aryl methyl sites for hydroxylation is 2. The number of ether oxygens (including phenoxy) is 1. The highest BCUT2D eigenvalue weighted by Gasteiger charge is 2.39. The number of hydrogen-bond acceptors (Lipinski definition) is 3. The fraction of sp³-hybridized carbons (Fsp3) is 0.667. The molecule has 158 valence electrons. The second kappa shape index (κ2) is 8.47. The molecule has 0 bridgehead atoms. The van der Waals surface area contributed by atoms with Crippen molar-refractivity contribution in [1.29, 1.82) is 0 Å². The van der Waals surface area contributed by atoms with Gasteiger partial charge < -0.3 is 14.5 Å². The second-order valence-electron chi connectivity index (χ2n) is 9.20. The van der Waals surface area contributed by atoms with Gasteiger partial charge in [-0.1, -0.05) is 17.7 Å². The summed E-state index contributed by atoms with van der Waals surface area (Å²) in [5.74, 6) is 0.441. The minimum Gasteiger partial charge on any atom is -0.375 e. The van der Waals surface area contributed by atoms with Crippen LogP contribution in [-0.4, -0.2) is 60.0 Å². The molecule has 1 aromatic carbocycles. The summed E-state index contributed by atoms with van der Waals surface area (Å²) < 4.78 is 6.10. The lowest BCUT2D eigenvalue weighted by molar-refractivity contribution is -0.147. The Morgan fingerprint density at radius 2 is 1.69 bits per heavy atom. The summed E-state index contributed by atoms with van der Waals surface area (Å²) in [6.45, 7) is 7.89. The normalized spacial score (nSPS) is 22.7. The average Bonchev–Trinajstić information content (AvgIpc) is 2.74. The first-order valence-corrected chi connectivity index (χ1v) is 11.3. The molecule has 3 aliphatic heterocycles. The monoisotopic (exact) mass is 398 g/mol. The number of piperidine rings is 2. The van der Waals surface area contributed by atoms with Gasteiger partial charge in [-0.3, -0.25) is 9.59 Å². The molecule has 0 radical (unpaired) electrons. The highest BCUT2D eigenvalue weighted by Crippen LogP contribution is 2.35. The zero-order valence-electron chi connectivity index (χ0n) is 17.9. The first-order chi connectivity index (χ1) is 14.0. The van der Waals surface area contributed by atoms with Gasteiger partial charge in [0.05, 0.1) is 5.60 Å². The van der Waals surface area contributed by atoms with E-state index in [2.05, 4.69) is 11.0 Å². The van der Waals surface area contributed by atoms with Crippen LogP contribution in [0.15, 0.2) is 18.2 Å². The highest BCUT2D eigenvalue weighted by molar-refractivity contribution is 5.96. The quantitative estimate of drug-likeness (QED) is 0.763. The van der Waals surface area contributed by atoms with Crippen LogP contribution < -0.4 is 0 Å². The minimum atomic E-state index is 0.0384. The first-order valence-electron chi connectivity index (χ1n) is 11.3. The third kappa shape index (κ3) is 4.35. The Balaban J connectivity index is 1.29. The van der Waals surface area contributed by atoms with Crippen LogP contribution in [0.5, 0.6) is 0 Å². The summed E-state index contributed by atoms with van der Waals surface area (Å²) in [6.07, 6.45) is 7.06. The van der Waals surface area contributed by atoms with Gasteiger partial charge in [0.1, 0.15) is 0 Å². The van der Waals surface area contributed by atoms with E-state index in [0.717, 1.165) is 62.9 Å². The summed E-state index contributed by atoms with van der Waals surface area (Å²) in [4.78, 5) is 29.9. The van der Waals surface area contributed by atoms with E-state index in [1.807, 2.05) is 30.9 Å². The van der Waals surface area contributed by atoms with Crippen molar-refractivity contribution in [3.8, 4) is 0 Å². The molecule has 3 fully saturated rings. The summed E-state index contributed by atoms with van der Waals surface area (Å²) in [7, 11) is 0. The standard InChI is InChI=1S/C24H34N2O3/c1-18-5-6-21(19(2)17-18)23(28)25-12-7-20(8-13-25)22(27)26-14-10-24(11-15-26)9-3-4-16-29-24/h5-6,17,20H,3-4,7-16H2,1-2H3. The Bertz CT molecular complexity index is 751. The Morgan fingerprint density at radius 1 is 0.966 bits per heavy atom. The van der Waals surface area contributed by atoms with E-state index in [9.17, 15) is 9.59 Å². The van der Waals surface area contributed by atoms with Gasteiger partial charge in [-0.05, 0) is 70.4 Å². The fourth-order valence-electron chi connectivity index (χ4n) is 5.25. The van der Waals surface area contributed by atoms with Crippen LogP contribution in [0.3, 0.4) is 0 Å². The first kappa shape index (κ1) is 20.4. The van der Waals surface area contributed by atoms with Crippen LogP contribution in [0.25, 0.3) is 0 Å². The molecule has 0 saturated carbocycles. The van der Waals surface area contributed by atoms with Gasteiger partial charge in [-0.25, -0.2) is 0 Å². The van der Waals surface area contributed by atoms with Crippen molar-refractivity contribution in [2.45, 2.75) is 64.4 Å². The SMILES string of the molecule is Cc1ccc(C(=O)N2CCC(C(=O)N3CCC4(CCCCO4)CC3)CC2)c(C)c1.